The zero-order chi connectivity index (χ0) is 16.0. The van der Waals surface area contributed by atoms with E-state index in [-0.39, 0.29) is 0 Å². The van der Waals surface area contributed by atoms with Crippen molar-refractivity contribution in [3.05, 3.63) is 23.3 Å². The van der Waals surface area contributed by atoms with Gasteiger partial charge in [-0.3, -0.25) is 4.79 Å². The Bertz CT molecular complexity index is 633. The molecule has 0 unspecified atom stereocenters. The van der Waals surface area contributed by atoms with Gasteiger partial charge in [0, 0.05) is 42.3 Å². The molecule has 4 rings (SSSR count). The molecule has 1 aromatic carbocycles. The van der Waals surface area contributed by atoms with Gasteiger partial charge in [-0.15, -0.1) is 11.8 Å². The van der Waals surface area contributed by atoms with Crippen LogP contribution in [0.15, 0.2) is 17.0 Å². The summed E-state index contributed by atoms with van der Waals surface area (Å²) in [4.78, 5) is 15.4. The first-order chi connectivity index (χ1) is 11.1. The van der Waals surface area contributed by atoms with Crippen LogP contribution in [0.1, 0.15) is 36.8 Å². The standard InChI is InChI=1S/C18H23NO3S/c1-12-9-15(23-2)10-14-11-21-18(22-16(12)14)5-7-19(8-6-18)17(20)13-3-4-13/h9-10,13H,3-8,11H2,1-2H3. The van der Waals surface area contributed by atoms with Gasteiger partial charge in [0.25, 0.3) is 0 Å². The number of ether oxygens (including phenoxy) is 2. The fourth-order valence-electron chi connectivity index (χ4n) is 3.51. The number of hydrogen-bond donors (Lipinski definition) is 0. The lowest BCUT2D eigenvalue weighted by atomic mass is 10.00. The Balaban J connectivity index is 1.48. The zero-order valence-electron chi connectivity index (χ0n) is 13.8. The number of aryl methyl sites for hydroxylation is 1. The summed E-state index contributed by atoms with van der Waals surface area (Å²) in [6.07, 6.45) is 5.73. The molecule has 0 aromatic heterocycles. The highest BCUT2D eigenvalue weighted by Gasteiger charge is 2.44. The molecule has 1 saturated heterocycles. The van der Waals surface area contributed by atoms with Crippen LogP contribution >= 0.6 is 11.8 Å². The average molecular weight is 333 g/mol. The molecular weight excluding hydrogens is 310 g/mol. The summed E-state index contributed by atoms with van der Waals surface area (Å²) in [6, 6.07) is 4.33. The molecule has 1 spiro atoms. The van der Waals surface area contributed by atoms with Crippen molar-refractivity contribution in [2.24, 2.45) is 5.92 Å². The maximum Gasteiger partial charge on any atom is 0.225 e. The second-order valence-corrected chi connectivity index (χ2v) is 7.71. The van der Waals surface area contributed by atoms with E-state index in [4.69, 9.17) is 9.47 Å². The van der Waals surface area contributed by atoms with Gasteiger partial charge in [0.2, 0.25) is 11.7 Å². The van der Waals surface area contributed by atoms with Crippen LogP contribution in [-0.4, -0.2) is 35.9 Å². The summed E-state index contributed by atoms with van der Waals surface area (Å²) < 4.78 is 12.4. The third kappa shape index (κ3) is 2.85. The summed E-state index contributed by atoms with van der Waals surface area (Å²) in [6.45, 7) is 4.18. The van der Waals surface area contributed by atoms with E-state index < -0.39 is 5.79 Å². The summed E-state index contributed by atoms with van der Waals surface area (Å²) in [5.41, 5.74) is 2.31. The van der Waals surface area contributed by atoms with E-state index in [0.29, 0.717) is 18.4 Å². The molecule has 0 radical (unpaired) electrons. The number of fused-ring (bicyclic) bond motifs is 1. The van der Waals surface area contributed by atoms with Crippen molar-refractivity contribution >= 4 is 17.7 Å². The van der Waals surface area contributed by atoms with Crippen molar-refractivity contribution in [3.8, 4) is 5.75 Å². The summed E-state index contributed by atoms with van der Waals surface area (Å²) in [5, 5.41) is 0. The molecule has 4 nitrogen and oxygen atoms in total. The van der Waals surface area contributed by atoms with E-state index in [9.17, 15) is 4.79 Å². The van der Waals surface area contributed by atoms with Crippen molar-refractivity contribution in [2.75, 3.05) is 19.3 Å². The molecule has 2 aliphatic heterocycles. The lowest BCUT2D eigenvalue weighted by molar-refractivity contribution is -0.228. The van der Waals surface area contributed by atoms with Crippen LogP contribution in [0, 0.1) is 12.8 Å². The maximum atomic E-state index is 12.2. The van der Waals surface area contributed by atoms with Crippen molar-refractivity contribution in [3.63, 3.8) is 0 Å². The molecular formula is C18H23NO3S. The molecule has 23 heavy (non-hydrogen) atoms. The molecule has 1 saturated carbocycles. The number of hydrogen-bond acceptors (Lipinski definition) is 4. The quantitative estimate of drug-likeness (QED) is 0.778. The number of thioether (sulfide) groups is 1. The molecule has 1 amide bonds. The number of benzene rings is 1. The van der Waals surface area contributed by atoms with Gasteiger partial charge in [0.1, 0.15) is 5.75 Å². The van der Waals surface area contributed by atoms with Crippen LogP contribution in [0.3, 0.4) is 0 Å². The topological polar surface area (TPSA) is 38.8 Å². The SMILES string of the molecule is CSc1cc(C)c2c(c1)COC1(CCN(C(=O)C3CC3)CC1)O2. The highest BCUT2D eigenvalue weighted by atomic mass is 32.2. The van der Waals surface area contributed by atoms with E-state index in [1.54, 1.807) is 11.8 Å². The van der Waals surface area contributed by atoms with Gasteiger partial charge >= 0.3 is 0 Å². The van der Waals surface area contributed by atoms with Crippen LogP contribution in [0.4, 0.5) is 0 Å². The van der Waals surface area contributed by atoms with Crippen LogP contribution in [0.25, 0.3) is 0 Å². The van der Waals surface area contributed by atoms with Crippen molar-refractivity contribution in [1.82, 2.24) is 4.90 Å². The average Bonchev–Trinajstić information content (AvgIpc) is 3.40. The minimum absolute atomic E-state index is 0.296. The number of likely N-dealkylation sites (tertiary alicyclic amines) is 1. The number of carbonyl (C=O) groups excluding carboxylic acids is 1. The van der Waals surface area contributed by atoms with E-state index in [1.165, 1.54) is 10.5 Å². The third-order valence-corrected chi connectivity index (χ3v) is 5.81. The maximum absolute atomic E-state index is 12.2. The summed E-state index contributed by atoms with van der Waals surface area (Å²) in [5.74, 6) is 1.07. The smallest absolute Gasteiger partial charge is 0.225 e. The summed E-state index contributed by atoms with van der Waals surface area (Å²) in [7, 11) is 0. The van der Waals surface area contributed by atoms with Gasteiger partial charge in [-0.05, 0) is 43.7 Å². The molecule has 0 atom stereocenters. The fourth-order valence-corrected chi connectivity index (χ4v) is 4.06. The Morgan fingerprint density at radius 3 is 2.70 bits per heavy atom. The van der Waals surface area contributed by atoms with Gasteiger partial charge in [-0.25, -0.2) is 0 Å². The molecule has 0 bridgehead atoms. The van der Waals surface area contributed by atoms with Crippen LogP contribution < -0.4 is 4.74 Å². The Labute approximate surface area is 141 Å². The van der Waals surface area contributed by atoms with Crippen LogP contribution in [0.5, 0.6) is 5.75 Å². The number of amides is 1. The second kappa shape index (κ2) is 5.71. The molecule has 2 fully saturated rings. The first-order valence-electron chi connectivity index (χ1n) is 8.39. The van der Waals surface area contributed by atoms with Crippen molar-refractivity contribution < 1.29 is 14.3 Å². The molecule has 3 aliphatic rings. The highest BCUT2D eigenvalue weighted by molar-refractivity contribution is 7.98. The van der Waals surface area contributed by atoms with E-state index in [0.717, 1.165) is 50.1 Å². The zero-order valence-corrected chi connectivity index (χ0v) is 14.6. The molecule has 5 heteroatoms. The molecule has 124 valence electrons. The number of piperidine rings is 1. The molecule has 2 heterocycles. The normalized spacial score (nSPS) is 22.6. The van der Waals surface area contributed by atoms with Crippen LogP contribution in [0.2, 0.25) is 0 Å². The Morgan fingerprint density at radius 2 is 2.04 bits per heavy atom. The minimum atomic E-state index is -0.543. The van der Waals surface area contributed by atoms with E-state index in [1.807, 2.05) is 4.90 Å². The molecule has 0 N–H and O–H groups in total. The highest BCUT2D eigenvalue weighted by Crippen LogP contribution is 2.41. The molecule has 1 aromatic rings. The lowest BCUT2D eigenvalue weighted by Crippen LogP contribution is -2.52. The Kier molecular flexibility index (Phi) is 3.81. The largest absolute Gasteiger partial charge is 0.462 e. The predicted molar refractivity (Wildman–Crippen MR) is 89.6 cm³/mol. The predicted octanol–water partition coefficient (Wildman–Crippen LogP) is 3.35. The van der Waals surface area contributed by atoms with Crippen molar-refractivity contribution in [1.29, 1.82) is 0 Å². The van der Waals surface area contributed by atoms with E-state index >= 15 is 0 Å². The number of carbonyl (C=O) groups is 1. The second-order valence-electron chi connectivity index (χ2n) is 6.83. The van der Waals surface area contributed by atoms with Gasteiger partial charge in [0.05, 0.1) is 6.61 Å². The lowest BCUT2D eigenvalue weighted by Gasteiger charge is -2.44. The van der Waals surface area contributed by atoms with E-state index in [2.05, 4.69) is 25.3 Å². The Morgan fingerprint density at radius 1 is 1.30 bits per heavy atom. The van der Waals surface area contributed by atoms with Crippen LogP contribution in [-0.2, 0) is 16.1 Å². The van der Waals surface area contributed by atoms with Gasteiger partial charge in [0.15, 0.2) is 0 Å². The van der Waals surface area contributed by atoms with Crippen molar-refractivity contribution in [2.45, 2.75) is 49.9 Å². The van der Waals surface area contributed by atoms with Gasteiger partial charge in [-0.2, -0.15) is 0 Å². The minimum Gasteiger partial charge on any atom is -0.462 e. The van der Waals surface area contributed by atoms with Gasteiger partial charge < -0.3 is 14.4 Å². The third-order valence-electron chi connectivity index (χ3n) is 5.10. The number of rotatable bonds is 2. The Hall–Kier alpha value is -1.20. The summed E-state index contributed by atoms with van der Waals surface area (Å²) >= 11 is 1.74. The molecule has 1 aliphatic carbocycles. The first kappa shape index (κ1) is 15.3. The fraction of sp³-hybridized carbons (Fsp3) is 0.611. The number of nitrogens with zero attached hydrogens (tertiary/aromatic N) is 1. The van der Waals surface area contributed by atoms with Gasteiger partial charge in [-0.1, -0.05) is 0 Å². The monoisotopic (exact) mass is 333 g/mol. The first-order valence-corrected chi connectivity index (χ1v) is 9.62.